The van der Waals surface area contributed by atoms with Gasteiger partial charge in [0, 0.05) is 16.9 Å². The smallest absolute Gasteiger partial charge is 0.341 e. The third kappa shape index (κ3) is 3.95. The van der Waals surface area contributed by atoms with Gasteiger partial charge in [-0.15, -0.1) is 23.1 Å². The minimum Gasteiger partial charge on any atom is -0.462 e. The van der Waals surface area contributed by atoms with E-state index in [0.29, 0.717) is 22.7 Å². The Labute approximate surface area is 161 Å². The van der Waals surface area contributed by atoms with Crippen molar-refractivity contribution in [2.75, 3.05) is 31.8 Å². The van der Waals surface area contributed by atoms with Gasteiger partial charge in [-0.05, 0) is 43.0 Å². The Morgan fingerprint density at radius 3 is 2.69 bits per heavy atom. The molecule has 0 saturated heterocycles. The molecule has 26 heavy (non-hydrogen) atoms. The predicted octanol–water partition coefficient (Wildman–Crippen LogP) is 2.47. The molecule has 2 heterocycles. The Kier molecular flexibility index (Phi) is 6.01. The van der Waals surface area contributed by atoms with E-state index in [9.17, 15) is 9.59 Å². The molecule has 1 unspecified atom stereocenters. The quantitative estimate of drug-likeness (QED) is 0.607. The SMILES string of the molecule is CCOC(=O)c1c(NC(=O)c2ccc(SC)cc2)sc2c1CC[NH+](C)C2. The Morgan fingerprint density at radius 2 is 2.04 bits per heavy atom. The third-order valence-corrected chi connectivity index (χ3v) is 6.30. The maximum Gasteiger partial charge on any atom is 0.341 e. The van der Waals surface area contributed by atoms with Crippen LogP contribution in [0.3, 0.4) is 0 Å². The van der Waals surface area contributed by atoms with Gasteiger partial charge in [-0.3, -0.25) is 4.79 Å². The number of fused-ring (bicyclic) bond motifs is 1. The van der Waals surface area contributed by atoms with E-state index in [2.05, 4.69) is 12.4 Å². The standard InChI is InChI=1S/C19H22N2O3S2/c1-4-24-19(23)16-14-9-10-21(2)11-15(14)26-18(16)20-17(22)12-5-7-13(25-3)8-6-12/h5-8H,4,9-11H2,1-3H3,(H,20,22)/p+1. The van der Waals surface area contributed by atoms with Crippen molar-refractivity contribution in [2.24, 2.45) is 0 Å². The summed E-state index contributed by atoms with van der Waals surface area (Å²) >= 11 is 3.12. The van der Waals surface area contributed by atoms with Gasteiger partial charge in [0.15, 0.2) is 0 Å². The van der Waals surface area contributed by atoms with E-state index in [1.54, 1.807) is 30.8 Å². The largest absolute Gasteiger partial charge is 0.462 e. The highest BCUT2D eigenvalue weighted by Gasteiger charge is 2.30. The molecule has 2 N–H and O–H groups in total. The van der Waals surface area contributed by atoms with Crippen LogP contribution in [0.25, 0.3) is 0 Å². The van der Waals surface area contributed by atoms with Gasteiger partial charge in [-0.1, -0.05) is 0 Å². The zero-order valence-corrected chi connectivity index (χ0v) is 16.8. The molecule has 1 aromatic heterocycles. The lowest BCUT2D eigenvalue weighted by atomic mass is 10.0. The number of rotatable bonds is 5. The second kappa shape index (κ2) is 8.24. The normalized spacial score (nSPS) is 16.0. The molecule has 0 bridgehead atoms. The molecule has 5 nitrogen and oxygen atoms in total. The molecule has 138 valence electrons. The van der Waals surface area contributed by atoms with Crippen LogP contribution in [0.1, 0.15) is 38.1 Å². The topological polar surface area (TPSA) is 59.8 Å². The number of thioether (sulfide) groups is 1. The number of ether oxygens (including phenoxy) is 1. The van der Waals surface area contributed by atoms with Crippen molar-refractivity contribution in [3.63, 3.8) is 0 Å². The molecule has 1 aliphatic rings. The highest BCUT2D eigenvalue weighted by molar-refractivity contribution is 7.98. The lowest BCUT2D eigenvalue weighted by Crippen LogP contribution is -3.08. The van der Waals surface area contributed by atoms with Crippen LogP contribution in [0, 0.1) is 0 Å². The number of benzene rings is 1. The van der Waals surface area contributed by atoms with Gasteiger partial charge in [0.05, 0.1) is 30.6 Å². The summed E-state index contributed by atoms with van der Waals surface area (Å²) in [5.74, 6) is -0.555. The number of hydrogen-bond acceptors (Lipinski definition) is 5. The molecule has 3 rings (SSSR count). The van der Waals surface area contributed by atoms with E-state index in [1.807, 2.05) is 18.4 Å². The number of amides is 1. The van der Waals surface area contributed by atoms with Crippen LogP contribution in [-0.2, 0) is 17.7 Å². The lowest BCUT2D eigenvalue weighted by Gasteiger charge is -2.19. The fourth-order valence-corrected chi connectivity index (χ4v) is 4.80. The zero-order chi connectivity index (χ0) is 18.7. The second-order valence-electron chi connectivity index (χ2n) is 6.24. The summed E-state index contributed by atoms with van der Waals surface area (Å²) in [6.07, 6.45) is 2.82. The number of carbonyl (C=O) groups excluding carboxylic acids is 2. The minimum atomic E-state index is -0.349. The number of esters is 1. The fraction of sp³-hybridized carbons (Fsp3) is 0.368. The molecule has 0 saturated carbocycles. The minimum absolute atomic E-state index is 0.206. The van der Waals surface area contributed by atoms with Crippen molar-refractivity contribution in [1.82, 2.24) is 0 Å². The molecule has 0 aliphatic carbocycles. The zero-order valence-electron chi connectivity index (χ0n) is 15.2. The van der Waals surface area contributed by atoms with Crippen molar-refractivity contribution >= 4 is 40.0 Å². The van der Waals surface area contributed by atoms with Crippen LogP contribution in [0.2, 0.25) is 0 Å². The molecule has 0 fully saturated rings. The maximum atomic E-state index is 12.7. The summed E-state index contributed by atoms with van der Waals surface area (Å²) in [7, 11) is 2.14. The molecule has 1 atom stereocenters. The maximum absolute atomic E-state index is 12.7. The van der Waals surface area contributed by atoms with Crippen LogP contribution >= 0.6 is 23.1 Å². The van der Waals surface area contributed by atoms with Gasteiger partial charge in [-0.2, -0.15) is 0 Å². The highest BCUT2D eigenvalue weighted by atomic mass is 32.2. The number of quaternary nitrogens is 1. The molecular formula is C19H23N2O3S2+. The summed E-state index contributed by atoms with van der Waals surface area (Å²) < 4.78 is 5.24. The Morgan fingerprint density at radius 1 is 1.31 bits per heavy atom. The van der Waals surface area contributed by atoms with Crippen LogP contribution in [0.5, 0.6) is 0 Å². The van der Waals surface area contributed by atoms with Gasteiger partial charge in [-0.25, -0.2) is 4.79 Å². The predicted molar refractivity (Wildman–Crippen MR) is 106 cm³/mol. The first-order chi connectivity index (χ1) is 12.5. The van der Waals surface area contributed by atoms with Crippen molar-refractivity contribution in [3.8, 4) is 0 Å². The van der Waals surface area contributed by atoms with Gasteiger partial charge >= 0.3 is 5.97 Å². The number of hydrogen-bond donors (Lipinski definition) is 2. The van der Waals surface area contributed by atoms with Crippen molar-refractivity contribution in [1.29, 1.82) is 0 Å². The summed E-state index contributed by atoms with van der Waals surface area (Å²) in [6.45, 7) is 3.95. The molecule has 1 aromatic carbocycles. The first-order valence-corrected chi connectivity index (χ1v) is 10.7. The second-order valence-corrected chi connectivity index (χ2v) is 8.23. The number of likely N-dealkylation sites (N-methyl/N-ethyl adjacent to an activating group) is 1. The van der Waals surface area contributed by atoms with Crippen LogP contribution < -0.4 is 10.2 Å². The molecule has 7 heteroatoms. The first-order valence-electron chi connectivity index (χ1n) is 8.61. The number of carbonyl (C=O) groups is 2. The summed E-state index contributed by atoms with van der Waals surface area (Å²) in [5, 5.41) is 3.54. The number of thiophene rings is 1. The van der Waals surface area contributed by atoms with Gasteiger partial charge in [0.1, 0.15) is 11.5 Å². The number of nitrogens with one attached hydrogen (secondary N) is 2. The van der Waals surface area contributed by atoms with Gasteiger partial charge in [0.2, 0.25) is 0 Å². The average molecular weight is 392 g/mol. The molecule has 1 aliphatic heterocycles. The van der Waals surface area contributed by atoms with E-state index in [4.69, 9.17) is 4.74 Å². The molecule has 1 amide bonds. The van der Waals surface area contributed by atoms with E-state index >= 15 is 0 Å². The van der Waals surface area contributed by atoms with Crippen molar-refractivity contribution < 1.29 is 19.2 Å². The van der Waals surface area contributed by atoms with Crippen molar-refractivity contribution in [2.45, 2.75) is 24.8 Å². The number of anilines is 1. The van der Waals surface area contributed by atoms with E-state index < -0.39 is 0 Å². The van der Waals surface area contributed by atoms with E-state index in [-0.39, 0.29) is 11.9 Å². The average Bonchev–Trinajstić information content (AvgIpc) is 2.98. The Balaban J connectivity index is 1.90. The first kappa shape index (κ1) is 18.9. The van der Waals surface area contributed by atoms with E-state index in [0.717, 1.165) is 34.8 Å². The van der Waals surface area contributed by atoms with Crippen LogP contribution in [-0.4, -0.2) is 38.3 Å². The molecule has 2 aromatic rings. The fourth-order valence-electron chi connectivity index (χ4n) is 3.05. The third-order valence-electron chi connectivity index (χ3n) is 4.41. The van der Waals surface area contributed by atoms with Crippen LogP contribution in [0.4, 0.5) is 5.00 Å². The highest BCUT2D eigenvalue weighted by Crippen LogP contribution is 2.35. The summed E-state index contributed by atoms with van der Waals surface area (Å²) in [6, 6.07) is 7.44. The molecular weight excluding hydrogens is 368 g/mol. The molecule has 0 radical (unpaired) electrons. The van der Waals surface area contributed by atoms with Gasteiger partial charge in [0.25, 0.3) is 5.91 Å². The summed E-state index contributed by atoms with van der Waals surface area (Å²) in [5.41, 5.74) is 2.15. The monoisotopic (exact) mass is 391 g/mol. The van der Waals surface area contributed by atoms with Crippen molar-refractivity contribution in [3.05, 3.63) is 45.8 Å². The Bertz CT molecular complexity index is 815. The lowest BCUT2D eigenvalue weighted by molar-refractivity contribution is -0.895. The van der Waals surface area contributed by atoms with Crippen LogP contribution in [0.15, 0.2) is 29.2 Å². The Hall–Kier alpha value is -1.83. The van der Waals surface area contributed by atoms with Gasteiger partial charge < -0.3 is 15.0 Å². The summed E-state index contributed by atoms with van der Waals surface area (Å²) in [4.78, 5) is 28.8. The van der Waals surface area contributed by atoms with E-state index in [1.165, 1.54) is 16.2 Å². The molecule has 0 spiro atoms.